The van der Waals surface area contributed by atoms with Crippen LogP contribution in [0, 0.1) is 0 Å². The number of aliphatic hydroxyl groups excluding tert-OH is 1. The van der Waals surface area contributed by atoms with Gasteiger partial charge < -0.3 is 14.7 Å². The second kappa shape index (κ2) is 5.84. The van der Waals surface area contributed by atoms with E-state index < -0.39 is 6.10 Å². The van der Waals surface area contributed by atoms with E-state index in [4.69, 9.17) is 4.74 Å². The molecule has 1 aliphatic rings. The first-order valence-electron chi connectivity index (χ1n) is 6.87. The molecule has 0 unspecified atom stereocenters. The number of rotatable bonds is 4. The number of hydrogen-bond acceptors (Lipinski definition) is 5. The van der Waals surface area contributed by atoms with E-state index in [1.54, 1.807) is 6.33 Å². The summed E-state index contributed by atoms with van der Waals surface area (Å²) in [5, 5.41) is 10.0. The molecule has 1 aliphatic heterocycles. The van der Waals surface area contributed by atoms with Gasteiger partial charge in [0.25, 0.3) is 0 Å². The van der Waals surface area contributed by atoms with Crippen LogP contribution in [0.2, 0.25) is 0 Å². The summed E-state index contributed by atoms with van der Waals surface area (Å²) in [6.45, 7) is 9.42. The SMILES string of the molecule is CC(C)O[C@@H]1CN(c2cc(C(C)C)ncn2)C[C@H]1O. The van der Waals surface area contributed by atoms with Crippen molar-refractivity contribution in [2.75, 3.05) is 18.0 Å². The molecule has 1 aromatic heterocycles. The lowest BCUT2D eigenvalue weighted by atomic mass is 10.1. The van der Waals surface area contributed by atoms with Crippen molar-refractivity contribution in [3.05, 3.63) is 18.1 Å². The van der Waals surface area contributed by atoms with Gasteiger partial charge in [0.15, 0.2) is 0 Å². The number of aliphatic hydroxyl groups is 1. The largest absolute Gasteiger partial charge is 0.388 e. The topological polar surface area (TPSA) is 58.5 Å². The van der Waals surface area contributed by atoms with Gasteiger partial charge in [0.2, 0.25) is 0 Å². The molecule has 5 heteroatoms. The first-order valence-corrected chi connectivity index (χ1v) is 6.87. The quantitative estimate of drug-likeness (QED) is 0.895. The van der Waals surface area contributed by atoms with Crippen molar-refractivity contribution in [1.29, 1.82) is 0 Å². The maximum Gasteiger partial charge on any atom is 0.132 e. The number of aromatic nitrogens is 2. The fourth-order valence-electron chi connectivity index (χ4n) is 2.28. The fraction of sp³-hybridized carbons (Fsp3) is 0.714. The molecule has 1 N–H and O–H groups in total. The molecule has 0 saturated carbocycles. The third kappa shape index (κ3) is 3.42. The summed E-state index contributed by atoms with van der Waals surface area (Å²) in [4.78, 5) is 10.6. The van der Waals surface area contributed by atoms with Gasteiger partial charge in [0.1, 0.15) is 18.2 Å². The van der Waals surface area contributed by atoms with Crippen molar-refractivity contribution in [2.24, 2.45) is 0 Å². The van der Waals surface area contributed by atoms with Crippen LogP contribution in [0.3, 0.4) is 0 Å². The van der Waals surface area contributed by atoms with E-state index in [9.17, 15) is 5.11 Å². The molecule has 0 aliphatic carbocycles. The Kier molecular flexibility index (Phi) is 4.37. The van der Waals surface area contributed by atoms with Gasteiger partial charge in [-0.1, -0.05) is 13.8 Å². The summed E-state index contributed by atoms with van der Waals surface area (Å²) in [5.41, 5.74) is 1.02. The Labute approximate surface area is 114 Å². The molecule has 0 aromatic carbocycles. The van der Waals surface area contributed by atoms with Gasteiger partial charge in [-0.05, 0) is 19.8 Å². The van der Waals surface area contributed by atoms with E-state index in [0.717, 1.165) is 11.5 Å². The predicted octanol–water partition coefficient (Wildman–Crippen LogP) is 1.57. The third-order valence-electron chi connectivity index (χ3n) is 3.27. The van der Waals surface area contributed by atoms with Crippen molar-refractivity contribution in [3.8, 4) is 0 Å². The molecule has 1 fully saturated rings. The number of anilines is 1. The first kappa shape index (κ1) is 14.2. The molecule has 0 amide bonds. The van der Waals surface area contributed by atoms with Crippen LogP contribution >= 0.6 is 0 Å². The Morgan fingerprint density at radius 2 is 2.00 bits per heavy atom. The van der Waals surface area contributed by atoms with E-state index in [1.807, 2.05) is 19.9 Å². The van der Waals surface area contributed by atoms with Gasteiger partial charge in [-0.3, -0.25) is 0 Å². The lowest BCUT2D eigenvalue weighted by Gasteiger charge is -2.19. The minimum atomic E-state index is -0.458. The molecule has 2 atom stereocenters. The Balaban J connectivity index is 2.09. The Bertz CT molecular complexity index is 423. The molecule has 2 heterocycles. The minimum absolute atomic E-state index is 0.122. The predicted molar refractivity (Wildman–Crippen MR) is 74.3 cm³/mol. The second-order valence-corrected chi connectivity index (χ2v) is 5.65. The molecule has 0 radical (unpaired) electrons. The highest BCUT2D eigenvalue weighted by Crippen LogP contribution is 2.23. The van der Waals surface area contributed by atoms with Crippen LogP contribution in [-0.2, 0) is 4.74 Å². The summed E-state index contributed by atoms with van der Waals surface area (Å²) in [6.07, 6.45) is 1.11. The van der Waals surface area contributed by atoms with Gasteiger partial charge in [0, 0.05) is 24.8 Å². The number of β-amino-alcohol motifs (C(OH)–C–C–N with tert-alkyl or cyclic N) is 1. The van der Waals surface area contributed by atoms with Crippen molar-refractivity contribution in [3.63, 3.8) is 0 Å². The van der Waals surface area contributed by atoms with E-state index in [2.05, 4.69) is 28.7 Å². The second-order valence-electron chi connectivity index (χ2n) is 5.65. The monoisotopic (exact) mass is 265 g/mol. The standard InChI is InChI=1S/C14H23N3O2/c1-9(2)11-5-14(16-8-15-11)17-6-12(18)13(7-17)19-10(3)4/h5,8-10,12-13,18H,6-7H2,1-4H3/t12-,13-/m1/s1. The highest BCUT2D eigenvalue weighted by molar-refractivity contribution is 5.41. The molecule has 0 spiro atoms. The third-order valence-corrected chi connectivity index (χ3v) is 3.27. The maximum absolute atomic E-state index is 10.0. The Hall–Kier alpha value is -1.20. The van der Waals surface area contributed by atoms with Gasteiger partial charge >= 0.3 is 0 Å². The lowest BCUT2D eigenvalue weighted by molar-refractivity contribution is -0.0386. The summed E-state index contributed by atoms with van der Waals surface area (Å²) < 4.78 is 5.72. The van der Waals surface area contributed by atoms with Gasteiger partial charge in [-0.2, -0.15) is 0 Å². The van der Waals surface area contributed by atoms with Crippen LogP contribution < -0.4 is 4.90 Å². The molecule has 2 rings (SSSR count). The summed E-state index contributed by atoms with van der Waals surface area (Å²) >= 11 is 0. The zero-order valence-electron chi connectivity index (χ0n) is 12.1. The average molecular weight is 265 g/mol. The maximum atomic E-state index is 10.0. The zero-order valence-corrected chi connectivity index (χ0v) is 12.1. The van der Waals surface area contributed by atoms with E-state index >= 15 is 0 Å². The van der Waals surface area contributed by atoms with Gasteiger partial charge in [-0.25, -0.2) is 9.97 Å². The number of ether oxygens (including phenoxy) is 1. The Morgan fingerprint density at radius 1 is 1.26 bits per heavy atom. The van der Waals surface area contributed by atoms with Crippen molar-refractivity contribution in [2.45, 2.75) is 51.9 Å². The number of nitrogens with zero attached hydrogens (tertiary/aromatic N) is 3. The van der Waals surface area contributed by atoms with E-state index in [1.165, 1.54) is 0 Å². The zero-order chi connectivity index (χ0) is 14.0. The summed E-state index contributed by atoms with van der Waals surface area (Å²) in [6, 6.07) is 2.00. The molecule has 1 aromatic rings. The van der Waals surface area contributed by atoms with Crippen LogP contribution in [0.1, 0.15) is 39.3 Å². The van der Waals surface area contributed by atoms with Crippen LogP contribution in [-0.4, -0.2) is 46.5 Å². The summed E-state index contributed by atoms with van der Waals surface area (Å²) in [7, 11) is 0. The molecule has 106 valence electrons. The molecule has 19 heavy (non-hydrogen) atoms. The van der Waals surface area contributed by atoms with Crippen LogP contribution in [0.15, 0.2) is 12.4 Å². The van der Waals surface area contributed by atoms with Crippen molar-refractivity contribution in [1.82, 2.24) is 9.97 Å². The highest BCUT2D eigenvalue weighted by atomic mass is 16.5. The van der Waals surface area contributed by atoms with Crippen molar-refractivity contribution < 1.29 is 9.84 Å². The van der Waals surface area contributed by atoms with Crippen LogP contribution in [0.5, 0.6) is 0 Å². The van der Waals surface area contributed by atoms with E-state index in [0.29, 0.717) is 19.0 Å². The van der Waals surface area contributed by atoms with Crippen molar-refractivity contribution >= 4 is 5.82 Å². The molecular weight excluding hydrogens is 242 g/mol. The Morgan fingerprint density at radius 3 is 2.63 bits per heavy atom. The normalized spacial score (nSPS) is 23.6. The smallest absolute Gasteiger partial charge is 0.132 e. The summed E-state index contributed by atoms with van der Waals surface area (Å²) in [5.74, 6) is 1.24. The van der Waals surface area contributed by atoms with Gasteiger partial charge in [-0.15, -0.1) is 0 Å². The number of hydrogen-bond donors (Lipinski definition) is 1. The molecule has 5 nitrogen and oxygen atoms in total. The molecule has 1 saturated heterocycles. The first-order chi connectivity index (χ1) is 8.97. The van der Waals surface area contributed by atoms with Crippen LogP contribution in [0.4, 0.5) is 5.82 Å². The highest BCUT2D eigenvalue weighted by Gasteiger charge is 2.33. The van der Waals surface area contributed by atoms with Crippen LogP contribution in [0.25, 0.3) is 0 Å². The van der Waals surface area contributed by atoms with Gasteiger partial charge in [0.05, 0.1) is 12.2 Å². The lowest BCUT2D eigenvalue weighted by Crippen LogP contribution is -2.29. The average Bonchev–Trinajstić information content (AvgIpc) is 2.70. The molecular formula is C14H23N3O2. The molecule has 0 bridgehead atoms. The van der Waals surface area contributed by atoms with E-state index in [-0.39, 0.29) is 12.2 Å². The fourth-order valence-corrected chi connectivity index (χ4v) is 2.28. The minimum Gasteiger partial charge on any atom is -0.388 e.